The van der Waals surface area contributed by atoms with Gasteiger partial charge in [-0.15, -0.1) is 5.10 Å². The van der Waals surface area contributed by atoms with Gasteiger partial charge in [-0.1, -0.05) is 28.9 Å². The number of nitrogens with two attached hydrogens (primary N) is 1. The topological polar surface area (TPSA) is 76.7 Å². The van der Waals surface area contributed by atoms with Crippen molar-refractivity contribution in [2.24, 2.45) is 5.73 Å². The molecule has 1 aromatic carbocycles. The fraction of sp³-hybridized carbons (Fsp3) is 0.385. The number of nitrogens with one attached hydrogen (secondary N) is 1. The molecule has 2 rings (SSSR count). The zero-order valence-corrected chi connectivity index (χ0v) is 13.8. The van der Waals surface area contributed by atoms with Crippen molar-refractivity contribution in [3.05, 3.63) is 38.7 Å². The number of hydrogen-bond acceptors (Lipinski definition) is 4. The Hall–Kier alpha value is -1.05. The number of hydrogen-bond donors (Lipinski definition) is 2. The summed E-state index contributed by atoms with van der Waals surface area (Å²) in [6.07, 6.45) is 0.881. The number of aromatic nitrogens is 3. The quantitative estimate of drug-likeness (QED) is 0.863. The molecule has 0 spiro atoms. The fourth-order valence-electron chi connectivity index (χ4n) is 1.87. The zero-order chi connectivity index (χ0) is 14.7. The van der Waals surface area contributed by atoms with Gasteiger partial charge >= 0.3 is 5.69 Å². The van der Waals surface area contributed by atoms with Gasteiger partial charge in [0.25, 0.3) is 0 Å². The van der Waals surface area contributed by atoms with Gasteiger partial charge < -0.3 is 5.73 Å². The summed E-state index contributed by atoms with van der Waals surface area (Å²) in [5.74, 6) is 0. The Balaban J connectivity index is 2.39. The van der Waals surface area contributed by atoms with Crippen molar-refractivity contribution in [2.45, 2.75) is 42.9 Å². The van der Waals surface area contributed by atoms with Crippen LogP contribution in [-0.2, 0) is 6.54 Å². The lowest BCUT2D eigenvalue weighted by Gasteiger charge is -2.12. The van der Waals surface area contributed by atoms with Crippen LogP contribution in [0.15, 0.2) is 37.5 Å². The highest BCUT2D eigenvalue weighted by Crippen LogP contribution is 2.33. The number of halogens is 1. The molecule has 7 heteroatoms. The molecule has 0 fully saturated rings. The molecule has 0 saturated heterocycles. The van der Waals surface area contributed by atoms with Crippen molar-refractivity contribution in [3.63, 3.8) is 0 Å². The van der Waals surface area contributed by atoms with Crippen LogP contribution >= 0.6 is 27.7 Å². The Kier molecular flexibility index (Phi) is 5.06. The molecule has 1 aromatic heterocycles. The maximum absolute atomic E-state index is 11.7. The lowest BCUT2D eigenvalue weighted by atomic mass is 10.1. The maximum atomic E-state index is 11.7. The third-order valence-corrected chi connectivity index (χ3v) is 4.40. The van der Waals surface area contributed by atoms with Crippen LogP contribution in [0.5, 0.6) is 0 Å². The van der Waals surface area contributed by atoms with Crippen molar-refractivity contribution < 1.29 is 0 Å². The Bertz CT molecular complexity index is 650. The Morgan fingerprint density at radius 1 is 1.55 bits per heavy atom. The first kappa shape index (κ1) is 15.3. The maximum Gasteiger partial charge on any atom is 0.343 e. The minimum atomic E-state index is -0.174. The second kappa shape index (κ2) is 6.60. The lowest BCUT2D eigenvalue weighted by molar-refractivity contribution is 0.603. The van der Waals surface area contributed by atoms with Gasteiger partial charge in [0.15, 0.2) is 5.16 Å². The molecule has 5 nitrogen and oxygen atoms in total. The summed E-state index contributed by atoms with van der Waals surface area (Å²) in [6, 6.07) is 5.88. The largest absolute Gasteiger partial charge is 0.343 e. The van der Waals surface area contributed by atoms with E-state index in [4.69, 9.17) is 5.73 Å². The Labute approximate surface area is 130 Å². The molecule has 2 aromatic rings. The van der Waals surface area contributed by atoms with E-state index in [-0.39, 0.29) is 11.7 Å². The number of H-pyrrole nitrogens is 1. The second-order valence-corrected chi connectivity index (χ2v) is 6.46. The minimum absolute atomic E-state index is 0.0733. The molecule has 1 atom stereocenters. The van der Waals surface area contributed by atoms with Gasteiger partial charge in [-0.2, -0.15) is 0 Å². The first-order valence-corrected chi connectivity index (χ1v) is 8.02. The molecular weight excluding hydrogens is 340 g/mol. The summed E-state index contributed by atoms with van der Waals surface area (Å²) in [6.45, 7) is 4.62. The van der Waals surface area contributed by atoms with Crippen LogP contribution in [0.25, 0.3) is 0 Å². The van der Waals surface area contributed by atoms with Gasteiger partial charge in [-0.05, 0) is 42.8 Å². The van der Waals surface area contributed by atoms with Crippen molar-refractivity contribution in [3.8, 4) is 0 Å². The van der Waals surface area contributed by atoms with Crippen LogP contribution in [-0.4, -0.2) is 14.8 Å². The highest BCUT2D eigenvalue weighted by atomic mass is 79.9. The van der Waals surface area contributed by atoms with Gasteiger partial charge in [-0.3, -0.25) is 4.57 Å². The zero-order valence-electron chi connectivity index (χ0n) is 11.4. The van der Waals surface area contributed by atoms with Gasteiger partial charge in [0.2, 0.25) is 0 Å². The van der Waals surface area contributed by atoms with Crippen molar-refractivity contribution >= 4 is 27.7 Å². The monoisotopic (exact) mass is 356 g/mol. The van der Waals surface area contributed by atoms with E-state index < -0.39 is 0 Å². The highest BCUT2D eigenvalue weighted by molar-refractivity contribution is 9.10. The summed E-state index contributed by atoms with van der Waals surface area (Å²) in [5, 5.41) is 7.25. The lowest BCUT2D eigenvalue weighted by Crippen LogP contribution is -2.17. The van der Waals surface area contributed by atoms with E-state index in [1.807, 2.05) is 32.0 Å². The summed E-state index contributed by atoms with van der Waals surface area (Å²) in [4.78, 5) is 12.7. The smallest absolute Gasteiger partial charge is 0.324 e. The molecular formula is C13H17BrN4OS. The summed E-state index contributed by atoms with van der Waals surface area (Å²) in [7, 11) is 0. The van der Waals surface area contributed by atoms with Gasteiger partial charge in [-0.25, -0.2) is 9.89 Å². The Morgan fingerprint density at radius 2 is 2.30 bits per heavy atom. The SMILES string of the molecule is CCCn1c(Sc2cc(Br)ccc2C(C)N)n[nH]c1=O. The highest BCUT2D eigenvalue weighted by Gasteiger charge is 2.14. The van der Waals surface area contributed by atoms with Gasteiger partial charge in [0, 0.05) is 22.0 Å². The van der Waals surface area contributed by atoms with Crippen LogP contribution < -0.4 is 11.4 Å². The van der Waals surface area contributed by atoms with Crippen molar-refractivity contribution in [2.75, 3.05) is 0 Å². The Morgan fingerprint density at radius 3 is 2.95 bits per heavy atom. The molecule has 3 N–H and O–H groups in total. The molecule has 0 saturated carbocycles. The van der Waals surface area contributed by atoms with Gasteiger partial charge in [0.1, 0.15) is 0 Å². The number of benzene rings is 1. The van der Waals surface area contributed by atoms with E-state index in [1.54, 1.807) is 4.57 Å². The van der Waals surface area contributed by atoms with Crippen LogP contribution in [0.2, 0.25) is 0 Å². The van der Waals surface area contributed by atoms with E-state index >= 15 is 0 Å². The van der Waals surface area contributed by atoms with E-state index in [0.29, 0.717) is 11.7 Å². The number of rotatable bonds is 5. The molecule has 1 unspecified atom stereocenters. The van der Waals surface area contributed by atoms with Crippen LogP contribution in [0.1, 0.15) is 31.9 Å². The normalized spacial score (nSPS) is 12.6. The number of aromatic amines is 1. The van der Waals surface area contributed by atoms with Crippen LogP contribution in [0, 0.1) is 0 Å². The van der Waals surface area contributed by atoms with E-state index in [9.17, 15) is 4.79 Å². The van der Waals surface area contributed by atoms with E-state index in [1.165, 1.54) is 11.8 Å². The predicted molar refractivity (Wildman–Crippen MR) is 84.0 cm³/mol. The molecule has 0 aliphatic heterocycles. The first-order valence-electron chi connectivity index (χ1n) is 6.41. The molecule has 0 aliphatic carbocycles. The third-order valence-electron chi connectivity index (χ3n) is 2.84. The summed E-state index contributed by atoms with van der Waals surface area (Å²) in [5.41, 5.74) is 6.86. The third kappa shape index (κ3) is 3.34. The molecule has 0 radical (unpaired) electrons. The molecule has 108 valence electrons. The molecule has 20 heavy (non-hydrogen) atoms. The summed E-state index contributed by atoms with van der Waals surface area (Å²) >= 11 is 4.92. The standard InChI is InChI=1S/C13H17BrN4OS/c1-3-6-18-12(19)16-17-13(18)20-11-7-9(14)4-5-10(11)8(2)15/h4-5,7-8H,3,6,15H2,1-2H3,(H,16,19). The summed E-state index contributed by atoms with van der Waals surface area (Å²) < 4.78 is 2.63. The van der Waals surface area contributed by atoms with E-state index in [2.05, 4.69) is 26.1 Å². The van der Waals surface area contributed by atoms with Gasteiger partial charge in [0.05, 0.1) is 0 Å². The molecule has 0 aliphatic rings. The van der Waals surface area contributed by atoms with Crippen molar-refractivity contribution in [1.29, 1.82) is 0 Å². The molecule has 0 amide bonds. The van der Waals surface area contributed by atoms with E-state index in [0.717, 1.165) is 21.4 Å². The number of nitrogens with zero attached hydrogens (tertiary/aromatic N) is 2. The minimum Gasteiger partial charge on any atom is -0.324 e. The van der Waals surface area contributed by atoms with Crippen LogP contribution in [0.4, 0.5) is 0 Å². The molecule has 0 bridgehead atoms. The average Bonchev–Trinajstić information content (AvgIpc) is 2.72. The fourth-order valence-corrected chi connectivity index (χ4v) is 3.52. The average molecular weight is 357 g/mol. The van der Waals surface area contributed by atoms with Crippen molar-refractivity contribution in [1.82, 2.24) is 14.8 Å². The first-order chi connectivity index (χ1) is 9.52. The molecule has 1 heterocycles. The predicted octanol–water partition coefficient (Wildman–Crippen LogP) is 2.91. The van der Waals surface area contributed by atoms with Crippen LogP contribution in [0.3, 0.4) is 0 Å². The second-order valence-electron chi connectivity index (χ2n) is 4.54.